The third-order valence-electron chi connectivity index (χ3n) is 5.95. The van der Waals surface area contributed by atoms with Gasteiger partial charge in [-0.2, -0.15) is 0 Å². The van der Waals surface area contributed by atoms with Crippen molar-refractivity contribution in [3.63, 3.8) is 0 Å². The minimum absolute atomic E-state index is 0.0740. The molecule has 1 aliphatic heterocycles. The molecule has 7 nitrogen and oxygen atoms in total. The van der Waals surface area contributed by atoms with Gasteiger partial charge in [-0.05, 0) is 60.6 Å². The summed E-state index contributed by atoms with van der Waals surface area (Å²) >= 11 is 12.0. The largest absolute Gasteiger partial charge is 0.490 e. The van der Waals surface area contributed by atoms with Crippen LogP contribution in [-0.2, 0) is 11.3 Å². The molecule has 0 unspecified atom stereocenters. The van der Waals surface area contributed by atoms with Crippen LogP contribution in [0.15, 0.2) is 45.6 Å². The molecule has 31 heavy (non-hydrogen) atoms. The summed E-state index contributed by atoms with van der Waals surface area (Å²) in [6.45, 7) is 1.45. The molecular weight excluding hydrogens is 443 g/mol. The first-order valence-corrected chi connectivity index (χ1v) is 10.8. The molecule has 1 amide bonds. The van der Waals surface area contributed by atoms with Gasteiger partial charge in [0.1, 0.15) is 12.4 Å². The van der Waals surface area contributed by atoms with Gasteiger partial charge in [0, 0.05) is 29.2 Å². The average Bonchev–Trinajstić information content (AvgIpc) is 3.37. The van der Waals surface area contributed by atoms with E-state index in [4.69, 9.17) is 37.1 Å². The van der Waals surface area contributed by atoms with Crippen molar-refractivity contribution in [1.82, 2.24) is 9.88 Å². The van der Waals surface area contributed by atoms with Gasteiger partial charge in [0.05, 0.1) is 11.6 Å². The molecule has 162 valence electrons. The number of nitrogens with zero attached hydrogens (tertiary/aromatic N) is 1. The predicted octanol–water partition coefficient (Wildman–Crippen LogP) is 4.85. The summed E-state index contributed by atoms with van der Waals surface area (Å²) in [5, 5.41) is 1.02. The maximum atomic E-state index is 12.5. The lowest BCUT2D eigenvalue weighted by Gasteiger charge is -2.20. The van der Waals surface area contributed by atoms with E-state index in [2.05, 4.69) is 4.98 Å². The molecule has 1 aromatic heterocycles. The number of aromatic amines is 1. The van der Waals surface area contributed by atoms with E-state index >= 15 is 0 Å². The lowest BCUT2D eigenvalue weighted by Crippen LogP contribution is -2.31. The maximum Gasteiger partial charge on any atom is 0.417 e. The minimum atomic E-state index is -0.479. The number of carbonyl (C=O) groups is 1. The second kappa shape index (κ2) is 8.13. The van der Waals surface area contributed by atoms with Crippen LogP contribution >= 0.6 is 23.2 Å². The number of amides is 1. The van der Waals surface area contributed by atoms with E-state index in [1.807, 2.05) is 6.07 Å². The van der Waals surface area contributed by atoms with Gasteiger partial charge in [-0.15, -0.1) is 0 Å². The summed E-state index contributed by atoms with van der Waals surface area (Å²) in [7, 11) is 0. The molecule has 9 heteroatoms. The summed E-state index contributed by atoms with van der Waals surface area (Å²) in [4.78, 5) is 28.2. The van der Waals surface area contributed by atoms with Gasteiger partial charge in [-0.25, -0.2) is 9.59 Å². The highest BCUT2D eigenvalue weighted by atomic mass is 35.5. The summed E-state index contributed by atoms with van der Waals surface area (Å²) in [6.07, 6.45) is 1.49. The first-order chi connectivity index (χ1) is 14.9. The van der Waals surface area contributed by atoms with Gasteiger partial charge in [0.15, 0.2) is 5.58 Å². The van der Waals surface area contributed by atoms with Gasteiger partial charge < -0.3 is 18.8 Å². The molecule has 1 saturated carbocycles. The van der Waals surface area contributed by atoms with E-state index in [9.17, 15) is 9.59 Å². The summed E-state index contributed by atoms with van der Waals surface area (Å²) in [5.74, 6) is 0.962. The maximum absolute atomic E-state index is 12.5. The Balaban J connectivity index is 1.14. The molecular formula is C22H20Cl2N2O5. The van der Waals surface area contributed by atoms with Crippen molar-refractivity contribution in [2.24, 2.45) is 11.8 Å². The van der Waals surface area contributed by atoms with Gasteiger partial charge in [0.2, 0.25) is 0 Å². The number of halogens is 2. The molecule has 1 aliphatic carbocycles. The highest BCUT2D eigenvalue weighted by Crippen LogP contribution is 2.40. The standard InChI is InChI=1S/C22H20Cl2N2O5/c23-15-3-12(4-16(24)7-15)11-29-22(28)26-9-13-5-18(6-14(13)10-26)30-17-1-2-19-20(8-17)31-21(27)25-19/h1-4,7-8,13-14,18H,5-6,9-11H2,(H,25,27)/t13-,14+,18+. The lowest BCUT2D eigenvalue weighted by molar-refractivity contribution is 0.0986. The van der Waals surface area contributed by atoms with Crippen molar-refractivity contribution in [1.29, 1.82) is 0 Å². The lowest BCUT2D eigenvalue weighted by atomic mass is 10.0. The van der Waals surface area contributed by atoms with Gasteiger partial charge in [0.25, 0.3) is 0 Å². The molecule has 0 bridgehead atoms. The second-order valence-corrected chi connectivity index (χ2v) is 9.01. The Labute approximate surface area is 187 Å². The van der Waals surface area contributed by atoms with Crippen LogP contribution < -0.4 is 10.5 Å². The van der Waals surface area contributed by atoms with Crippen LogP contribution in [0.3, 0.4) is 0 Å². The summed E-state index contributed by atoms with van der Waals surface area (Å²) in [5.41, 5.74) is 1.89. The molecule has 1 N–H and O–H groups in total. The average molecular weight is 463 g/mol. The number of hydrogen-bond donors (Lipinski definition) is 1. The Morgan fingerprint density at radius 1 is 1.10 bits per heavy atom. The summed E-state index contributed by atoms with van der Waals surface area (Å²) in [6, 6.07) is 10.4. The van der Waals surface area contributed by atoms with Gasteiger partial charge in [-0.1, -0.05) is 23.2 Å². The van der Waals surface area contributed by atoms with Crippen LogP contribution in [0.2, 0.25) is 10.0 Å². The van der Waals surface area contributed by atoms with E-state index in [0.717, 1.165) is 18.4 Å². The van der Waals surface area contributed by atoms with E-state index in [1.165, 1.54) is 0 Å². The van der Waals surface area contributed by atoms with Crippen molar-refractivity contribution in [3.05, 3.63) is 62.6 Å². The van der Waals surface area contributed by atoms with E-state index in [1.54, 1.807) is 35.2 Å². The third kappa shape index (κ3) is 4.38. The fourth-order valence-electron chi connectivity index (χ4n) is 4.61. The van der Waals surface area contributed by atoms with Crippen LogP contribution in [0.1, 0.15) is 18.4 Å². The number of benzene rings is 2. The normalized spacial score (nSPS) is 22.6. The molecule has 3 atom stereocenters. The number of rotatable bonds is 4. The molecule has 2 fully saturated rings. The number of hydrogen-bond acceptors (Lipinski definition) is 5. The molecule has 1 saturated heterocycles. The van der Waals surface area contributed by atoms with Crippen LogP contribution in [0.5, 0.6) is 5.75 Å². The number of carbonyl (C=O) groups excluding carboxylic acids is 1. The minimum Gasteiger partial charge on any atom is -0.490 e. The van der Waals surface area contributed by atoms with Gasteiger partial charge >= 0.3 is 11.8 Å². The number of nitrogens with one attached hydrogen (secondary N) is 1. The number of oxazole rings is 1. The monoisotopic (exact) mass is 462 g/mol. The van der Waals surface area contributed by atoms with Gasteiger partial charge in [-0.3, -0.25) is 4.98 Å². The Hall–Kier alpha value is -2.64. The smallest absolute Gasteiger partial charge is 0.417 e. The topological polar surface area (TPSA) is 84.8 Å². The SMILES string of the molecule is O=C(OCc1cc(Cl)cc(Cl)c1)N1C[C@H]2C[C@H](Oc3ccc4[nH]c(=O)oc4c3)C[C@H]2C1. The zero-order chi connectivity index (χ0) is 21.5. The third-order valence-corrected chi connectivity index (χ3v) is 6.38. The van der Waals surface area contributed by atoms with Crippen LogP contribution in [-0.4, -0.2) is 35.2 Å². The fraction of sp³-hybridized carbons (Fsp3) is 0.364. The van der Waals surface area contributed by atoms with Crippen molar-refractivity contribution in [3.8, 4) is 5.75 Å². The van der Waals surface area contributed by atoms with Crippen molar-refractivity contribution >= 4 is 40.4 Å². The van der Waals surface area contributed by atoms with E-state index in [0.29, 0.717) is 51.8 Å². The molecule has 2 aromatic carbocycles. The first-order valence-electron chi connectivity index (χ1n) is 10.1. The van der Waals surface area contributed by atoms with Crippen molar-refractivity contribution < 1.29 is 18.7 Å². The van der Waals surface area contributed by atoms with E-state index in [-0.39, 0.29) is 18.8 Å². The molecule has 3 aromatic rings. The Morgan fingerprint density at radius 3 is 2.52 bits per heavy atom. The number of aromatic nitrogens is 1. The van der Waals surface area contributed by atoms with Crippen LogP contribution in [0.4, 0.5) is 4.79 Å². The second-order valence-electron chi connectivity index (χ2n) is 8.14. The zero-order valence-electron chi connectivity index (χ0n) is 16.5. The predicted molar refractivity (Wildman–Crippen MR) is 116 cm³/mol. The fourth-order valence-corrected chi connectivity index (χ4v) is 5.18. The quantitative estimate of drug-likeness (QED) is 0.598. The number of fused-ring (bicyclic) bond motifs is 2. The Bertz CT molecular complexity index is 1160. The van der Waals surface area contributed by atoms with Crippen LogP contribution in [0, 0.1) is 11.8 Å². The van der Waals surface area contributed by atoms with E-state index < -0.39 is 5.76 Å². The first kappa shape index (κ1) is 20.3. The molecule has 2 heterocycles. The highest BCUT2D eigenvalue weighted by Gasteiger charge is 2.43. The number of likely N-dealkylation sites (tertiary alicyclic amines) is 1. The van der Waals surface area contributed by atoms with Crippen molar-refractivity contribution in [2.45, 2.75) is 25.6 Å². The van der Waals surface area contributed by atoms with Crippen molar-refractivity contribution in [2.75, 3.05) is 13.1 Å². The molecule has 2 aliphatic rings. The zero-order valence-corrected chi connectivity index (χ0v) is 18.0. The number of H-pyrrole nitrogens is 1. The summed E-state index contributed by atoms with van der Waals surface area (Å²) < 4.78 is 16.7. The highest BCUT2D eigenvalue weighted by molar-refractivity contribution is 6.34. The van der Waals surface area contributed by atoms with Crippen LogP contribution in [0.25, 0.3) is 11.1 Å². The number of ether oxygens (including phenoxy) is 2. The Morgan fingerprint density at radius 2 is 1.81 bits per heavy atom. The molecule has 0 spiro atoms. The molecule has 0 radical (unpaired) electrons. The molecule has 5 rings (SSSR count). The Kier molecular flexibility index (Phi) is 5.32.